The number of anilines is 1. The second-order valence-corrected chi connectivity index (χ2v) is 5.68. The molecule has 2 nitrogen and oxygen atoms in total. The van der Waals surface area contributed by atoms with Crippen LogP contribution in [0.15, 0.2) is 24.3 Å². The van der Waals surface area contributed by atoms with E-state index in [1.165, 1.54) is 24.1 Å². The van der Waals surface area contributed by atoms with Gasteiger partial charge in [0.1, 0.15) is 0 Å². The average molecular weight is 256 g/mol. The third-order valence-corrected chi connectivity index (χ3v) is 3.83. The summed E-state index contributed by atoms with van der Waals surface area (Å²) < 4.78 is 0. The lowest BCUT2D eigenvalue weighted by Gasteiger charge is -2.31. The molecule has 2 rings (SSSR count). The van der Waals surface area contributed by atoms with Gasteiger partial charge in [0.05, 0.1) is 6.54 Å². The first-order valence-corrected chi connectivity index (χ1v) is 7.21. The van der Waals surface area contributed by atoms with Crippen molar-refractivity contribution in [3.63, 3.8) is 0 Å². The molecule has 1 saturated heterocycles. The second kappa shape index (κ2) is 6.63. The Morgan fingerprint density at radius 3 is 2.74 bits per heavy atom. The van der Waals surface area contributed by atoms with Crippen molar-refractivity contribution >= 4 is 5.69 Å². The molecule has 1 heterocycles. The van der Waals surface area contributed by atoms with Gasteiger partial charge in [-0.15, -0.1) is 6.42 Å². The minimum absolute atomic E-state index is 0.580. The molecule has 0 aromatic heterocycles. The van der Waals surface area contributed by atoms with E-state index in [-0.39, 0.29) is 0 Å². The number of hydrogen-bond donors (Lipinski definition) is 1. The zero-order valence-electron chi connectivity index (χ0n) is 12.0. The van der Waals surface area contributed by atoms with Crippen molar-refractivity contribution in [2.45, 2.75) is 38.6 Å². The predicted octanol–water partition coefficient (Wildman–Crippen LogP) is 3.32. The normalized spacial score (nSPS) is 17.4. The molecule has 0 radical (unpaired) electrons. The molecule has 0 atom stereocenters. The smallest absolute Gasteiger partial charge is 0.0598 e. The zero-order valence-corrected chi connectivity index (χ0v) is 12.0. The van der Waals surface area contributed by atoms with Gasteiger partial charge in [-0.1, -0.05) is 31.9 Å². The lowest BCUT2D eigenvalue weighted by atomic mass is 10.0. The Balaban J connectivity index is 1.89. The summed E-state index contributed by atoms with van der Waals surface area (Å²) in [5, 5.41) is 3.66. The molecule has 0 aliphatic carbocycles. The van der Waals surface area contributed by atoms with Crippen molar-refractivity contribution < 1.29 is 0 Å². The second-order valence-electron chi connectivity index (χ2n) is 5.68. The number of terminal acetylenes is 1. The molecule has 1 N–H and O–H groups in total. The van der Waals surface area contributed by atoms with E-state index in [4.69, 9.17) is 6.42 Å². The minimum atomic E-state index is 0.580. The van der Waals surface area contributed by atoms with Crippen LogP contribution in [0.2, 0.25) is 0 Å². The molecule has 0 amide bonds. The van der Waals surface area contributed by atoms with Crippen LogP contribution >= 0.6 is 0 Å². The number of piperidine rings is 1. The van der Waals surface area contributed by atoms with Crippen molar-refractivity contribution in [2.24, 2.45) is 0 Å². The van der Waals surface area contributed by atoms with Gasteiger partial charge >= 0.3 is 0 Å². The Morgan fingerprint density at radius 2 is 2.11 bits per heavy atom. The largest absolute Gasteiger partial charge is 0.382 e. The Morgan fingerprint density at radius 1 is 1.37 bits per heavy atom. The van der Waals surface area contributed by atoms with E-state index in [1.54, 1.807) is 0 Å². The molecule has 2 heteroatoms. The summed E-state index contributed by atoms with van der Waals surface area (Å²) in [4.78, 5) is 2.35. The maximum atomic E-state index is 5.36. The molecular formula is C17H24N2. The van der Waals surface area contributed by atoms with E-state index < -0.39 is 0 Å². The zero-order chi connectivity index (χ0) is 13.7. The van der Waals surface area contributed by atoms with Crippen LogP contribution in [0.1, 0.15) is 38.2 Å². The first kappa shape index (κ1) is 14.0. The average Bonchev–Trinajstić information content (AvgIpc) is 2.42. The first-order chi connectivity index (χ1) is 9.19. The number of hydrogen-bond acceptors (Lipinski definition) is 2. The number of nitrogens with one attached hydrogen (secondary N) is 1. The van der Waals surface area contributed by atoms with Gasteiger partial charge in [-0.3, -0.25) is 4.90 Å². The van der Waals surface area contributed by atoms with Crippen molar-refractivity contribution in [3.05, 3.63) is 29.8 Å². The topological polar surface area (TPSA) is 15.3 Å². The van der Waals surface area contributed by atoms with Gasteiger partial charge in [-0.05, 0) is 36.5 Å². The van der Waals surface area contributed by atoms with Gasteiger partial charge in [-0.25, -0.2) is 0 Å². The molecule has 0 spiro atoms. The fraction of sp³-hybridized carbons (Fsp3) is 0.529. The van der Waals surface area contributed by atoms with Crippen LogP contribution in [-0.2, 0) is 0 Å². The van der Waals surface area contributed by atoms with Crippen molar-refractivity contribution in [1.29, 1.82) is 0 Å². The van der Waals surface area contributed by atoms with Gasteiger partial charge in [0.2, 0.25) is 0 Å². The Labute approximate surface area is 117 Å². The maximum absolute atomic E-state index is 5.36. The van der Waals surface area contributed by atoms with Crippen LogP contribution in [0.4, 0.5) is 5.69 Å². The Bertz CT molecular complexity index is 437. The Hall–Kier alpha value is -1.46. The highest BCUT2D eigenvalue weighted by Gasteiger charge is 2.18. The van der Waals surface area contributed by atoms with E-state index in [2.05, 4.69) is 54.3 Å². The minimum Gasteiger partial charge on any atom is -0.382 e. The molecule has 102 valence electrons. The van der Waals surface area contributed by atoms with E-state index in [0.717, 1.165) is 19.6 Å². The van der Waals surface area contributed by atoms with Gasteiger partial charge in [0.25, 0.3) is 0 Å². The molecular weight excluding hydrogens is 232 g/mol. The summed E-state index contributed by atoms with van der Waals surface area (Å²) in [6, 6.07) is 9.37. The molecule has 1 aliphatic heterocycles. The fourth-order valence-electron chi connectivity index (χ4n) is 2.59. The lowest BCUT2D eigenvalue weighted by Crippen LogP contribution is -2.39. The van der Waals surface area contributed by atoms with Gasteiger partial charge in [0, 0.05) is 24.8 Å². The number of rotatable bonds is 4. The van der Waals surface area contributed by atoms with Crippen molar-refractivity contribution in [3.8, 4) is 12.3 Å². The van der Waals surface area contributed by atoms with Crippen LogP contribution in [0.25, 0.3) is 0 Å². The summed E-state index contributed by atoms with van der Waals surface area (Å²) in [7, 11) is 0. The highest BCUT2D eigenvalue weighted by atomic mass is 15.1. The predicted molar refractivity (Wildman–Crippen MR) is 82.4 cm³/mol. The summed E-state index contributed by atoms with van der Waals surface area (Å²) in [5.74, 6) is 3.31. The van der Waals surface area contributed by atoms with E-state index >= 15 is 0 Å². The van der Waals surface area contributed by atoms with E-state index in [1.807, 2.05) is 0 Å². The highest BCUT2D eigenvalue weighted by molar-refractivity contribution is 5.47. The van der Waals surface area contributed by atoms with Crippen LogP contribution in [0.5, 0.6) is 0 Å². The molecule has 1 aromatic rings. The number of likely N-dealkylation sites (tertiary alicyclic amines) is 1. The van der Waals surface area contributed by atoms with Crippen LogP contribution in [0.3, 0.4) is 0 Å². The van der Waals surface area contributed by atoms with Crippen LogP contribution in [0, 0.1) is 12.3 Å². The molecule has 1 aliphatic rings. The van der Waals surface area contributed by atoms with Gasteiger partial charge in [-0.2, -0.15) is 0 Å². The Kier molecular flexibility index (Phi) is 4.87. The monoisotopic (exact) mass is 256 g/mol. The van der Waals surface area contributed by atoms with E-state index in [0.29, 0.717) is 12.0 Å². The maximum Gasteiger partial charge on any atom is 0.0598 e. The van der Waals surface area contributed by atoms with Gasteiger partial charge < -0.3 is 5.32 Å². The summed E-state index contributed by atoms with van der Waals surface area (Å²) in [5.41, 5.74) is 2.65. The molecule has 0 bridgehead atoms. The lowest BCUT2D eigenvalue weighted by molar-refractivity contribution is 0.243. The first-order valence-electron chi connectivity index (χ1n) is 7.21. The quantitative estimate of drug-likeness (QED) is 0.831. The van der Waals surface area contributed by atoms with Crippen molar-refractivity contribution in [2.75, 3.05) is 25.0 Å². The van der Waals surface area contributed by atoms with E-state index in [9.17, 15) is 0 Å². The summed E-state index contributed by atoms with van der Waals surface area (Å²) in [6.45, 7) is 7.46. The number of nitrogens with zero attached hydrogens (tertiary/aromatic N) is 1. The fourth-order valence-corrected chi connectivity index (χ4v) is 2.59. The molecule has 0 unspecified atom stereocenters. The number of benzene rings is 1. The third-order valence-electron chi connectivity index (χ3n) is 3.83. The van der Waals surface area contributed by atoms with Crippen LogP contribution in [-0.4, -0.2) is 30.6 Å². The molecule has 1 aromatic carbocycles. The van der Waals surface area contributed by atoms with Crippen molar-refractivity contribution in [1.82, 2.24) is 4.90 Å². The molecule has 1 fully saturated rings. The summed E-state index contributed by atoms with van der Waals surface area (Å²) in [6.07, 6.45) is 7.70. The van der Waals surface area contributed by atoms with Crippen LogP contribution < -0.4 is 5.32 Å². The summed E-state index contributed by atoms with van der Waals surface area (Å²) >= 11 is 0. The third kappa shape index (κ3) is 4.01. The standard InChI is InChI=1S/C17H24N2/c1-4-10-19-11-8-16(9-12-19)18-17-7-5-6-15(13-17)14(2)3/h1,5-7,13-14,16,18H,8-12H2,2-3H3. The highest BCUT2D eigenvalue weighted by Crippen LogP contribution is 2.21. The SMILES string of the molecule is C#CCN1CCC(Nc2cccc(C(C)C)c2)CC1. The molecule has 19 heavy (non-hydrogen) atoms. The van der Waals surface area contributed by atoms with Gasteiger partial charge in [0.15, 0.2) is 0 Å². The molecule has 0 saturated carbocycles.